The van der Waals surface area contributed by atoms with E-state index in [1.165, 1.54) is 4.31 Å². The van der Waals surface area contributed by atoms with Gasteiger partial charge in [-0.1, -0.05) is 68.3 Å². The van der Waals surface area contributed by atoms with Crippen LogP contribution in [0.25, 0.3) is 0 Å². The first-order chi connectivity index (χ1) is 10.0. The molecule has 0 saturated heterocycles. The molecule has 21 heavy (non-hydrogen) atoms. The fourth-order valence-corrected chi connectivity index (χ4v) is 4.63. The van der Waals surface area contributed by atoms with Gasteiger partial charge >= 0.3 is 0 Å². The molecule has 0 aliphatic rings. The zero-order chi connectivity index (χ0) is 15.3. The van der Waals surface area contributed by atoms with Crippen LogP contribution in [0.1, 0.15) is 5.56 Å². The summed E-state index contributed by atoms with van der Waals surface area (Å²) in [6.07, 6.45) is 0. The highest BCUT2D eigenvalue weighted by Gasteiger charge is 2.24. The van der Waals surface area contributed by atoms with Gasteiger partial charge in [-0.2, -0.15) is 4.31 Å². The molecule has 112 valence electrons. The average molecular weight is 433 g/mol. The molecule has 0 N–H and O–H groups in total. The Labute approximate surface area is 142 Å². The number of alkyl halides is 1. The molecule has 0 aliphatic heterocycles. The Kier molecular flexibility index (Phi) is 5.98. The van der Waals surface area contributed by atoms with Crippen LogP contribution in [0.15, 0.2) is 64.0 Å². The third-order valence-corrected chi connectivity index (χ3v) is 5.66. The monoisotopic (exact) mass is 431 g/mol. The maximum absolute atomic E-state index is 12.8. The first kappa shape index (κ1) is 16.7. The lowest BCUT2D eigenvalue weighted by atomic mass is 10.2. The fraction of sp³-hybridized carbons (Fsp3) is 0.200. The van der Waals surface area contributed by atoms with Crippen LogP contribution in [0, 0.1) is 0 Å². The summed E-state index contributed by atoms with van der Waals surface area (Å²) < 4.78 is 27.8. The van der Waals surface area contributed by atoms with Crippen LogP contribution in [0.5, 0.6) is 0 Å². The minimum atomic E-state index is -3.51. The van der Waals surface area contributed by atoms with Crippen molar-refractivity contribution in [2.24, 2.45) is 0 Å². The SMILES string of the molecule is O=S(=O)(c1cccc(Br)c1)N(CCBr)Cc1ccccc1. The lowest BCUT2D eigenvalue weighted by Gasteiger charge is -2.21. The van der Waals surface area contributed by atoms with Gasteiger partial charge in [-0.15, -0.1) is 0 Å². The van der Waals surface area contributed by atoms with Crippen molar-refractivity contribution in [3.63, 3.8) is 0 Å². The van der Waals surface area contributed by atoms with Gasteiger partial charge in [0.15, 0.2) is 0 Å². The molecule has 0 aliphatic carbocycles. The summed E-state index contributed by atoms with van der Waals surface area (Å²) in [5, 5.41) is 0.590. The number of halogens is 2. The Bertz CT molecular complexity index is 690. The van der Waals surface area contributed by atoms with Crippen molar-refractivity contribution in [2.75, 3.05) is 11.9 Å². The lowest BCUT2D eigenvalue weighted by molar-refractivity contribution is 0.426. The van der Waals surface area contributed by atoms with Crippen molar-refractivity contribution in [3.8, 4) is 0 Å². The molecule has 6 heteroatoms. The summed E-state index contributed by atoms with van der Waals surface area (Å²) in [5.74, 6) is 0. The zero-order valence-electron chi connectivity index (χ0n) is 11.2. The predicted molar refractivity (Wildman–Crippen MR) is 92.0 cm³/mol. The van der Waals surface area contributed by atoms with E-state index in [-0.39, 0.29) is 0 Å². The number of nitrogens with zero attached hydrogens (tertiary/aromatic N) is 1. The summed E-state index contributed by atoms with van der Waals surface area (Å²) in [6, 6.07) is 16.4. The van der Waals surface area contributed by atoms with Gasteiger partial charge < -0.3 is 0 Å². The normalized spacial score (nSPS) is 11.8. The second-order valence-corrected chi connectivity index (χ2v) is 8.12. The van der Waals surface area contributed by atoms with E-state index in [2.05, 4.69) is 31.9 Å². The van der Waals surface area contributed by atoms with Crippen LogP contribution in [-0.4, -0.2) is 24.6 Å². The van der Waals surface area contributed by atoms with Crippen molar-refractivity contribution in [3.05, 3.63) is 64.6 Å². The quantitative estimate of drug-likeness (QED) is 0.646. The summed E-state index contributed by atoms with van der Waals surface area (Å²) in [7, 11) is -3.51. The molecule has 2 aromatic rings. The molecule has 2 rings (SSSR count). The van der Waals surface area contributed by atoms with Gasteiger partial charge in [0.2, 0.25) is 10.0 Å². The molecule has 0 spiro atoms. The van der Waals surface area contributed by atoms with E-state index in [1.807, 2.05) is 36.4 Å². The standard InChI is InChI=1S/C15H15Br2NO2S/c16-9-10-18(12-13-5-2-1-3-6-13)21(19,20)15-8-4-7-14(17)11-15/h1-8,11H,9-10,12H2. The van der Waals surface area contributed by atoms with Crippen LogP contribution in [-0.2, 0) is 16.6 Å². The van der Waals surface area contributed by atoms with Crippen LogP contribution < -0.4 is 0 Å². The molecule has 0 amide bonds. The molecule has 0 radical (unpaired) electrons. The van der Waals surface area contributed by atoms with Gasteiger partial charge in [0, 0.05) is 22.9 Å². The maximum Gasteiger partial charge on any atom is 0.243 e. The van der Waals surface area contributed by atoms with E-state index in [9.17, 15) is 8.42 Å². The summed E-state index contributed by atoms with van der Waals surface area (Å²) in [6.45, 7) is 0.783. The molecule has 0 bridgehead atoms. The largest absolute Gasteiger partial charge is 0.243 e. The second-order valence-electron chi connectivity index (χ2n) is 4.47. The molecule has 0 heterocycles. The maximum atomic E-state index is 12.8. The van der Waals surface area contributed by atoms with Gasteiger partial charge in [0.05, 0.1) is 4.90 Å². The smallest absolute Gasteiger partial charge is 0.207 e. The highest BCUT2D eigenvalue weighted by Crippen LogP contribution is 2.21. The van der Waals surface area contributed by atoms with Gasteiger partial charge in [-0.3, -0.25) is 0 Å². The predicted octanol–water partition coefficient (Wildman–Crippen LogP) is 4.03. The first-order valence-electron chi connectivity index (χ1n) is 6.39. The molecule has 3 nitrogen and oxygen atoms in total. The van der Waals surface area contributed by atoms with Gasteiger partial charge in [0.1, 0.15) is 0 Å². The van der Waals surface area contributed by atoms with E-state index in [4.69, 9.17) is 0 Å². The highest BCUT2D eigenvalue weighted by atomic mass is 79.9. The summed E-state index contributed by atoms with van der Waals surface area (Å²) >= 11 is 6.64. The summed E-state index contributed by atoms with van der Waals surface area (Å²) in [5.41, 5.74) is 0.969. The van der Waals surface area contributed by atoms with Crippen molar-refractivity contribution >= 4 is 41.9 Å². The number of hydrogen-bond acceptors (Lipinski definition) is 2. The van der Waals surface area contributed by atoms with Crippen LogP contribution >= 0.6 is 31.9 Å². The van der Waals surface area contributed by atoms with Gasteiger partial charge in [-0.05, 0) is 23.8 Å². The number of hydrogen-bond donors (Lipinski definition) is 0. The van der Waals surface area contributed by atoms with Crippen LogP contribution in [0.3, 0.4) is 0 Å². The molecule has 2 aromatic carbocycles. The topological polar surface area (TPSA) is 37.4 Å². The Morgan fingerprint density at radius 3 is 2.33 bits per heavy atom. The van der Waals surface area contributed by atoms with Crippen molar-refractivity contribution in [2.45, 2.75) is 11.4 Å². The zero-order valence-corrected chi connectivity index (χ0v) is 15.2. The Morgan fingerprint density at radius 1 is 1.00 bits per heavy atom. The van der Waals surface area contributed by atoms with Crippen LogP contribution in [0.2, 0.25) is 0 Å². The van der Waals surface area contributed by atoms with E-state index >= 15 is 0 Å². The lowest BCUT2D eigenvalue weighted by Crippen LogP contribution is -2.32. The van der Waals surface area contributed by atoms with E-state index in [0.29, 0.717) is 23.3 Å². The Balaban J connectivity index is 2.32. The third-order valence-electron chi connectivity index (χ3n) is 2.97. The number of benzene rings is 2. The molecular weight excluding hydrogens is 418 g/mol. The van der Waals surface area contributed by atoms with Gasteiger partial charge in [-0.25, -0.2) is 8.42 Å². The Hall–Kier alpha value is -0.690. The molecule has 0 aromatic heterocycles. The van der Waals surface area contributed by atoms with E-state index < -0.39 is 10.0 Å². The van der Waals surface area contributed by atoms with Crippen molar-refractivity contribution in [1.29, 1.82) is 0 Å². The molecule has 0 atom stereocenters. The summed E-state index contributed by atoms with van der Waals surface area (Å²) in [4.78, 5) is 0.300. The highest BCUT2D eigenvalue weighted by molar-refractivity contribution is 9.10. The number of sulfonamides is 1. The van der Waals surface area contributed by atoms with Crippen molar-refractivity contribution < 1.29 is 8.42 Å². The molecule has 0 saturated carbocycles. The fourth-order valence-electron chi connectivity index (χ4n) is 1.94. The number of rotatable bonds is 6. The molecule has 0 unspecified atom stereocenters. The van der Waals surface area contributed by atoms with E-state index in [1.54, 1.807) is 18.2 Å². The minimum absolute atomic E-state index is 0.300. The van der Waals surface area contributed by atoms with Gasteiger partial charge in [0.25, 0.3) is 0 Å². The Morgan fingerprint density at radius 2 is 1.71 bits per heavy atom. The first-order valence-corrected chi connectivity index (χ1v) is 9.75. The molecular formula is C15H15Br2NO2S. The average Bonchev–Trinajstić information content (AvgIpc) is 2.48. The van der Waals surface area contributed by atoms with Crippen LogP contribution in [0.4, 0.5) is 0 Å². The molecule has 0 fully saturated rings. The van der Waals surface area contributed by atoms with E-state index in [0.717, 1.165) is 10.0 Å². The second kappa shape index (κ2) is 7.54. The van der Waals surface area contributed by atoms with Crippen molar-refractivity contribution in [1.82, 2.24) is 4.31 Å². The third kappa shape index (κ3) is 4.39. The minimum Gasteiger partial charge on any atom is -0.207 e.